The van der Waals surface area contributed by atoms with E-state index in [1.54, 1.807) is 18.2 Å². The lowest BCUT2D eigenvalue weighted by Crippen LogP contribution is -2.11. The van der Waals surface area contributed by atoms with Crippen molar-refractivity contribution in [2.45, 2.75) is 19.8 Å². The van der Waals surface area contributed by atoms with Crippen LogP contribution in [0.5, 0.6) is 5.75 Å². The number of ether oxygens (including phenoxy) is 3. The molecule has 5 nitrogen and oxygen atoms in total. The standard InChI is InChI=1S/C14H21NO4/c1-3-4-7-18-8-9-19-14(16)11-5-6-13(17-2)12(15)10-11/h5-6,10H,3-4,7-9,15H2,1-2H3. The average Bonchev–Trinajstić information content (AvgIpc) is 2.42. The first-order chi connectivity index (χ1) is 9.19. The van der Waals surface area contributed by atoms with E-state index in [-0.39, 0.29) is 6.61 Å². The maximum Gasteiger partial charge on any atom is 0.338 e. The Balaban J connectivity index is 2.35. The average molecular weight is 267 g/mol. The summed E-state index contributed by atoms with van der Waals surface area (Å²) in [6.45, 7) is 3.45. The van der Waals surface area contributed by atoms with Crippen LogP contribution in [0.4, 0.5) is 5.69 Å². The number of benzene rings is 1. The van der Waals surface area contributed by atoms with Crippen LogP contribution in [0.3, 0.4) is 0 Å². The first-order valence-corrected chi connectivity index (χ1v) is 6.37. The molecule has 0 spiro atoms. The number of carbonyl (C=O) groups is 1. The van der Waals surface area contributed by atoms with Crippen LogP contribution < -0.4 is 10.5 Å². The third-order valence-electron chi connectivity index (χ3n) is 2.57. The topological polar surface area (TPSA) is 70.8 Å². The molecule has 0 saturated heterocycles. The Morgan fingerprint density at radius 1 is 1.26 bits per heavy atom. The molecule has 1 aromatic rings. The summed E-state index contributed by atoms with van der Waals surface area (Å²) in [7, 11) is 1.53. The van der Waals surface area contributed by atoms with Gasteiger partial charge in [0.1, 0.15) is 12.4 Å². The number of hydrogen-bond donors (Lipinski definition) is 1. The van der Waals surface area contributed by atoms with Gasteiger partial charge in [-0.3, -0.25) is 0 Å². The second-order valence-electron chi connectivity index (χ2n) is 4.06. The normalized spacial score (nSPS) is 10.2. The molecule has 0 saturated carbocycles. The molecule has 0 fully saturated rings. The van der Waals surface area contributed by atoms with Crippen LogP contribution in [0, 0.1) is 0 Å². The fourth-order valence-electron chi connectivity index (χ4n) is 1.49. The van der Waals surface area contributed by atoms with Crippen molar-refractivity contribution in [1.82, 2.24) is 0 Å². The van der Waals surface area contributed by atoms with Crippen LogP contribution in [0.25, 0.3) is 0 Å². The van der Waals surface area contributed by atoms with E-state index in [1.807, 2.05) is 0 Å². The molecular weight excluding hydrogens is 246 g/mol. The van der Waals surface area contributed by atoms with Gasteiger partial charge in [-0.05, 0) is 24.6 Å². The molecule has 0 amide bonds. The van der Waals surface area contributed by atoms with Gasteiger partial charge in [0.2, 0.25) is 0 Å². The van der Waals surface area contributed by atoms with E-state index in [2.05, 4.69) is 6.92 Å². The molecule has 0 aliphatic rings. The van der Waals surface area contributed by atoms with Gasteiger partial charge < -0.3 is 19.9 Å². The SMILES string of the molecule is CCCCOCCOC(=O)c1ccc(OC)c(N)c1. The van der Waals surface area contributed by atoms with Gasteiger partial charge in [0, 0.05) is 6.61 Å². The van der Waals surface area contributed by atoms with Crippen molar-refractivity contribution in [3.8, 4) is 5.75 Å². The number of nitrogen functional groups attached to an aromatic ring is 1. The maximum atomic E-state index is 11.7. The summed E-state index contributed by atoms with van der Waals surface area (Å²) in [4.78, 5) is 11.7. The molecule has 0 aliphatic heterocycles. The van der Waals surface area contributed by atoms with E-state index in [0.29, 0.717) is 30.2 Å². The molecule has 0 atom stereocenters. The molecular formula is C14H21NO4. The Bertz CT molecular complexity index is 406. The van der Waals surface area contributed by atoms with Crippen LogP contribution in [0.2, 0.25) is 0 Å². The van der Waals surface area contributed by atoms with Gasteiger partial charge in [-0.2, -0.15) is 0 Å². The van der Waals surface area contributed by atoms with Gasteiger partial charge in [-0.1, -0.05) is 13.3 Å². The zero-order valence-corrected chi connectivity index (χ0v) is 11.5. The largest absolute Gasteiger partial charge is 0.495 e. The summed E-state index contributed by atoms with van der Waals surface area (Å²) in [5.74, 6) is 0.132. The van der Waals surface area contributed by atoms with Gasteiger partial charge in [0.15, 0.2) is 0 Å². The lowest BCUT2D eigenvalue weighted by atomic mass is 10.2. The summed E-state index contributed by atoms with van der Waals surface area (Å²) in [6.07, 6.45) is 2.11. The number of unbranched alkanes of at least 4 members (excludes halogenated alkanes) is 1. The minimum atomic E-state index is -0.409. The van der Waals surface area contributed by atoms with Crippen LogP contribution >= 0.6 is 0 Å². The molecule has 0 unspecified atom stereocenters. The zero-order chi connectivity index (χ0) is 14.1. The first-order valence-electron chi connectivity index (χ1n) is 6.37. The Morgan fingerprint density at radius 3 is 2.68 bits per heavy atom. The van der Waals surface area contributed by atoms with Gasteiger partial charge in [0.25, 0.3) is 0 Å². The van der Waals surface area contributed by atoms with Crippen molar-refractivity contribution in [2.24, 2.45) is 0 Å². The van der Waals surface area contributed by atoms with Crippen LogP contribution in [0.15, 0.2) is 18.2 Å². The molecule has 106 valence electrons. The van der Waals surface area contributed by atoms with Crippen LogP contribution in [0.1, 0.15) is 30.1 Å². The number of methoxy groups -OCH3 is 1. The molecule has 5 heteroatoms. The van der Waals surface area contributed by atoms with E-state index in [0.717, 1.165) is 12.8 Å². The third kappa shape index (κ3) is 5.18. The molecule has 1 aromatic carbocycles. The van der Waals surface area contributed by atoms with Crippen molar-refractivity contribution in [3.63, 3.8) is 0 Å². The molecule has 0 aromatic heterocycles. The molecule has 2 N–H and O–H groups in total. The Kier molecular flexibility index (Phi) is 6.74. The monoisotopic (exact) mass is 267 g/mol. The van der Waals surface area contributed by atoms with Gasteiger partial charge in [0.05, 0.1) is 25.0 Å². The smallest absolute Gasteiger partial charge is 0.338 e. The highest BCUT2D eigenvalue weighted by molar-refractivity contribution is 5.91. The summed E-state index contributed by atoms with van der Waals surface area (Å²) < 4.78 is 15.4. The lowest BCUT2D eigenvalue weighted by Gasteiger charge is -2.08. The highest BCUT2D eigenvalue weighted by Crippen LogP contribution is 2.22. The van der Waals surface area contributed by atoms with Crippen molar-refractivity contribution in [1.29, 1.82) is 0 Å². The number of anilines is 1. The number of rotatable bonds is 8. The Hall–Kier alpha value is -1.75. The van der Waals surface area contributed by atoms with Crippen LogP contribution in [-0.2, 0) is 9.47 Å². The number of esters is 1. The van der Waals surface area contributed by atoms with Crippen LogP contribution in [-0.4, -0.2) is 32.9 Å². The summed E-state index contributed by atoms with van der Waals surface area (Å²) in [5.41, 5.74) is 6.54. The first kappa shape index (κ1) is 15.3. The lowest BCUT2D eigenvalue weighted by molar-refractivity contribution is 0.0314. The molecule has 0 heterocycles. The molecule has 1 rings (SSSR count). The molecule has 0 aliphatic carbocycles. The number of carbonyl (C=O) groups excluding carboxylic acids is 1. The van der Waals surface area contributed by atoms with E-state index in [1.165, 1.54) is 7.11 Å². The zero-order valence-electron chi connectivity index (χ0n) is 11.5. The van der Waals surface area contributed by atoms with Gasteiger partial charge in [-0.25, -0.2) is 4.79 Å². The highest BCUT2D eigenvalue weighted by Gasteiger charge is 2.09. The predicted octanol–water partition coefficient (Wildman–Crippen LogP) is 2.25. The van der Waals surface area contributed by atoms with E-state index in [9.17, 15) is 4.79 Å². The maximum absolute atomic E-state index is 11.7. The molecule has 0 radical (unpaired) electrons. The fraction of sp³-hybridized carbons (Fsp3) is 0.500. The van der Waals surface area contributed by atoms with E-state index < -0.39 is 5.97 Å². The van der Waals surface area contributed by atoms with Crippen molar-refractivity contribution in [2.75, 3.05) is 32.7 Å². The summed E-state index contributed by atoms with van der Waals surface area (Å²) >= 11 is 0. The quantitative estimate of drug-likeness (QED) is 0.444. The van der Waals surface area contributed by atoms with Gasteiger partial charge in [-0.15, -0.1) is 0 Å². The van der Waals surface area contributed by atoms with E-state index in [4.69, 9.17) is 19.9 Å². The van der Waals surface area contributed by atoms with E-state index >= 15 is 0 Å². The minimum absolute atomic E-state index is 0.245. The van der Waals surface area contributed by atoms with Gasteiger partial charge >= 0.3 is 5.97 Å². The second-order valence-corrected chi connectivity index (χ2v) is 4.06. The summed E-state index contributed by atoms with van der Waals surface area (Å²) in [6, 6.07) is 4.80. The second kappa shape index (κ2) is 8.37. The minimum Gasteiger partial charge on any atom is -0.495 e. The number of nitrogens with two attached hydrogens (primary N) is 1. The molecule has 19 heavy (non-hydrogen) atoms. The Morgan fingerprint density at radius 2 is 2.05 bits per heavy atom. The number of hydrogen-bond acceptors (Lipinski definition) is 5. The Labute approximate surface area is 113 Å². The fourth-order valence-corrected chi connectivity index (χ4v) is 1.49. The predicted molar refractivity (Wildman–Crippen MR) is 73.4 cm³/mol. The molecule has 0 bridgehead atoms. The van der Waals surface area contributed by atoms with Crippen molar-refractivity contribution >= 4 is 11.7 Å². The third-order valence-corrected chi connectivity index (χ3v) is 2.57. The highest BCUT2D eigenvalue weighted by atomic mass is 16.6. The van der Waals surface area contributed by atoms with Crippen molar-refractivity contribution in [3.05, 3.63) is 23.8 Å². The summed E-state index contributed by atoms with van der Waals surface area (Å²) in [5, 5.41) is 0. The van der Waals surface area contributed by atoms with Crippen molar-refractivity contribution < 1.29 is 19.0 Å².